The van der Waals surface area contributed by atoms with Crippen molar-refractivity contribution in [2.24, 2.45) is 5.92 Å². The van der Waals surface area contributed by atoms with Crippen molar-refractivity contribution in [2.45, 2.75) is 19.3 Å². The number of nitro groups is 2. The van der Waals surface area contributed by atoms with E-state index in [1.165, 1.54) is 12.1 Å². The summed E-state index contributed by atoms with van der Waals surface area (Å²) in [5.74, 6) is -0.276. The van der Waals surface area contributed by atoms with Gasteiger partial charge < -0.3 is 4.74 Å². The van der Waals surface area contributed by atoms with Gasteiger partial charge in [-0.1, -0.05) is 30.3 Å². The molecule has 32 heavy (non-hydrogen) atoms. The lowest BCUT2D eigenvalue weighted by Gasteiger charge is -2.21. The van der Waals surface area contributed by atoms with E-state index in [1.54, 1.807) is 12.1 Å². The van der Waals surface area contributed by atoms with Crippen molar-refractivity contribution < 1.29 is 38.2 Å². The molecule has 2 aromatic carbocycles. The fourth-order valence-electron chi connectivity index (χ4n) is 2.72. The molecule has 12 heteroatoms. The van der Waals surface area contributed by atoms with Crippen molar-refractivity contribution in [1.29, 1.82) is 0 Å². The zero-order valence-electron chi connectivity index (χ0n) is 16.7. The van der Waals surface area contributed by atoms with Crippen LogP contribution in [-0.2, 0) is 30.3 Å². The molecule has 0 N–H and O–H groups in total. The average molecular weight is 450 g/mol. The molecule has 0 aromatic heterocycles. The van der Waals surface area contributed by atoms with E-state index in [-0.39, 0.29) is 22.9 Å². The van der Waals surface area contributed by atoms with Gasteiger partial charge in [0.1, 0.15) is 0 Å². The third-order valence-electron chi connectivity index (χ3n) is 4.09. The van der Waals surface area contributed by atoms with Gasteiger partial charge >= 0.3 is 18.0 Å². The Bertz CT molecular complexity index is 922. The summed E-state index contributed by atoms with van der Waals surface area (Å²) >= 11 is 0. The van der Waals surface area contributed by atoms with Gasteiger partial charge in [0.2, 0.25) is 5.82 Å². The molecule has 1 aliphatic rings. The highest BCUT2D eigenvalue weighted by molar-refractivity contribution is 5.40. The van der Waals surface area contributed by atoms with Crippen LogP contribution in [0.3, 0.4) is 0 Å². The van der Waals surface area contributed by atoms with Crippen LogP contribution in [-0.4, -0.2) is 35.4 Å². The van der Waals surface area contributed by atoms with Crippen LogP contribution in [0.4, 0.5) is 15.8 Å². The van der Waals surface area contributed by atoms with Crippen LogP contribution in [0, 0.1) is 32.0 Å². The largest absolute Gasteiger partial charge is 0.381 e. The number of carbonyl (C=O) groups excluding carboxylic acids is 4. The van der Waals surface area contributed by atoms with Gasteiger partial charge in [-0.2, -0.15) is 23.6 Å². The van der Waals surface area contributed by atoms with Gasteiger partial charge in [0.15, 0.2) is 0 Å². The second-order valence-corrected chi connectivity index (χ2v) is 6.02. The van der Waals surface area contributed by atoms with E-state index in [9.17, 15) is 24.6 Å². The molecular formula is C20H19FN2O9. The Kier molecular flexibility index (Phi) is 14.5. The van der Waals surface area contributed by atoms with Crippen molar-refractivity contribution in [1.82, 2.24) is 0 Å². The maximum absolute atomic E-state index is 12.4. The van der Waals surface area contributed by atoms with Gasteiger partial charge in [-0.25, -0.2) is 0 Å². The Morgan fingerprint density at radius 2 is 1.28 bits per heavy atom. The molecule has 0 unspecified atom stereocenters. The van der Waals surface area contributed by atoms with E-state index in [0.29, 0.717) is 5.92 Å². The zero-order valence-corrected chi connectivity index (χ0v) is 16.7. The van der Waals surface area contributed by atoms with Crippen LogP contribution in [0.5, 0.6) is 0 Å². The summed E-state index contributed by atoms with van der Waals surface area (Å²) in [5.41, 5.74) is 0.607. The van der Waals surface area contributed by atoms with E-state index in [1.807, 2.05) is 12.1 Å². The lowest BCUT2D eigenvalue weighted by molar-refractivity contribution is -0.387. The smallest absolute Gasteiger partial charge is 0.373 e. The van der Waals surface area contributed by atoms with E-state index >= 15 is 0 Å². The molecule has 0 spiro atoms. The minimum atomic E-state index is -0.799. The highest BCUT2D eigenvalue weighted by Gasteiger charge is 2.19. The first kappa shape index (κ1) is 27.9. The van der Waals surface area contributed by atoms with Gasteiger partial charge in [-0.15, -0.1) is 0 Å². The van der Waals surface area contributed by atoms with Gasteiger partial charge in [0, 0.05) is 30.9 Å². The van der Waals surface area contributed by atoms with Crippen LogP contribution in [0.2, 0.25) is 0 Å². The Morgan fingerprint density at radius 1 is 0.844 bits per heavy atom. The second kappa shape index (κ2) is 16.7. The maximum Gasteiger partial charge on any atom is 0.373 e. The molecule has 0 amide bonds. The highest BCUT2D eigenvalue weighted by Crippen LogP contribution is 2.25. The Hall–Kier alpha value is -4.11. The standard InChI is InChI=1S/C12H15NO3.C6H4FNO2.2CO2/c14-13(15)12-4-2-1-3-11(12)9-10-5-7-16-8-6-10;7-5-3-1-2-4-6(5)8(9)10;2*2-1-3/h1-4,10H,5-9H2;1-4H;;. The molecule has 0 atom stereocenters. The maximum atomic E-state index is 12.4. The molecule has 170 valence electrons. The first-order valence-electron chi connectivity index (χ1n) is 8.99. The quantitative estimate of drug-likeness (QED) is 0.502. The normalized spacial score (nSPS) is 12.0. The van der Waals surface area contributed by atoms with Gasteiger partial charge in [-0.3, -0.25) is 20.2 Å². The topological polar surface area (TPSA) is 164 Å². The number of para-hydroxylation sites is 2. The molecule has 0 bridgehead atoms. The fourth-order valence-corrected chi connectivity index (χ4v) is 2.72. The molecule has 3 rings (SSSR count). The summed E-state index contributed by atoms with van der Waals surface area (Å²) in [6.45, 7) is 1.57. The fraction of sp³-hybridized carbons (Fsp3) is 0.300. The summed E-state index contributed by atoms with van der Waals surface area (Å²) in [4.78, 5) is 52.3. The van der Waals surface area contributed by atoms with Crippen molar-refractivity contribution in [3.63, 3.8) is 0 Å². The van der Waals surface area contributed by atoms with E-state index in [2.05, 4.69) is 0 Å². The van der Waals surface area contributed by atoms with Crippen molar-refractivity contribution in [3.8, 4) is 0 Å². The average Bonchev–Trinajstić information content (AvgIpc) is 2.76. The summed E-state index contributed by atoms with van der Waals surface area (Å²) in [7, 11) is 0. The molecule has 1 heterocycles. The van der Waals surface area contributed by atoms with Crippen molar-refractivity contribution in [3.05, 3.63) is 80.1 Å². The first-order valence-corrected chi connectivity index (χ1v) is 8.99. The van der Waals surface area contributed by atoms with E-state index in [4.69, 9.17) is 23.9 Å². The lowest BCUT2D eigenvalue weighted by Crippen LogP contribution is -2.17. The van der Waals surface area contributed by atoms with Gasteiger partial charge in [0.25, 0.3) is 5.69 Å². The second-order valence-electron chi connectivity index (χ2n) is 6.02. The molecule has 0 aliphatic carbocycles. The monoisotopic (exact) mass is 450 g/mol. The third-order valence-corrected chi connectivity index (χ3v) is 4.09. The summed E-state index contributed by atoms with van der Waals surface area (Å²) in [6.07, 6.45) is 3.30. The van der Waals surface area contributed by atoms with Crippen LogP contribution >= 0.6 is 0 Å². The molecule has 0 saturated carbocycles. The number of hydrogen-bond acceptors (Lipinski definition) is 9. The number of rotatable bonds is 4. The number of ether oxygens (including phenoxy) is 1. The minimum Gasteiger partial charge on any atom is -0.381 e. The molecule has 0 radical (unpaired) electrons. The number of benzene rings is 2. The SMILES string of the molecule is O=C=O.O=C=O.O=[N+]([O-])c1ccccc1CC1CCOCC1.O=[N+]([O-])c1ccccc1F. The Balaban J connectivity index is 0.000000513. The van der Waals surface area contributed by atoms with Crippen molar-refractivity contribution >= 4 is 23.7 Å². The van der Waals surface area contributed by atoms with E-state index in [0.717, 1.165) is 50.2 Å². The summed E-state index contributed by atoms with van der Waals surface area (Å²) in [6, 6.07) is 12.0. The van der Waals surface area contributed by atoms with Crippen LogP contribution < -0.4 is 0 Å². The highest BCUT2D eigenvalue weighted by atomic mass is 19.1. The number of hydrogen-bond donors (Lipinski definition) is 0. The summed E-state index contributed by atoms with van der Waals surface area (Å²) in [5, 5.41) is 20.8. The van der Waals surface area contributed by atoms with E-state index < -0.39 is 16.4 Å². The molecule has 2 aromatic rings. The predicted molar refractivity (Wildman–Crippen MR) is 103 cm³/mol. The van der Waals surface area contributed by atoms with Gasteiger partial charge in [0.05, 0.1) is 9.85 Å². The number of nitrogens with zero attached hydrogens (tertiary/aromatic N) is 2. The van der Waals surface area contributed by atoms with Crippen LogP contribution in [0.15, 0.2) is 48.5 Å². The van der Waals surface area contributed by atoms with Gasteiger partial charge in [-0.05, 0) is 31.2 Å². The molecule has 1 aliphatic heterocycles. The molecule has 11 nitrogen and oxygen atoms in total. The Labute approximate surface area is 181 Å². The molecular weight excluding hydrogens is 431 g/mol. The number of halogens is 1. The van der Waals surface area contributed by atoms with Crippen LogP contribution in [0.1, 0.15) is 18.4 Å². The lowest BCUT2D eigenvalue weighted by atomic mass is 9.92. The Morgan fingerprint density at radius 3 is 1.72 bits per heavy atom. The predicted octanol–water partition coefficient (Wildman–Crippen LogP) is 3.13. The summed E-state index contributed by atoms with van der Waals surface area (Å²) < 4.78 is 17.7. The number of nitro benzene ring substituents is 2. The molecule has 1 saturated heterocycles. The van der Waals surface area contributed by atoms with Crippen LogP contribution in [0.25, 0.3) is 0 Å². The zero-order chi connectivity index (χ0) is 24.4. The van der Waals surface area contributed by atoms with Crippen molar-refractivity contribution in [2.75, 3.05) is 13.2 Å². The molecule has 1 fully saturated rings. The third kappa shape index (κ3) is 11.2. The first-order chi connectivity index (χ1) is 15.3. The minimum absolute atomic E-state index is 0.244.